The third kappa shape index (κ3) is 8.83. The maximum Gasteiger partial charge on any atom is 0.244 e. The van der Waals surface area contributed by atoms with E-state index in [0.29, 0.717) is 22.8 Å². The van der Waals surface area contributed by atoms with Gasteiger partial charge in [0.2, 0.25) is 21.8 Å². The maximum absolute atomic E-state index is 14.1. The first kappa shape index (κ1) is 31.2. The van der Waals surface area contributed by atoms with Crippen molar-refractivity contribution >= 4 is 39.1 Å². The average molecular weight is 584 g/mol. The molecule has 2 amide bonds. The highest BCUT2D eigenvalue weighted by atomic mass is 35.5. The van der Waals surface area contributed by atoms with Crippen LogP contribution in [-0.4, -0.2) is 50.5 Å². The van der Waals surface area contributed by atoms with E-state index < -0.39 is 28.5 Å². The fourth-order valence-corrected chi connectivity index (χ4v) is 5.58. The molecule has 0 aliphatic carbocycles. The Morgan fingerprint density at radius 3 is 2.30 bits per heavy atom. The van der Waals surface area contributed by atoms with Crippen LogP contribution in [0.15, 0.2) is 72.8 Å². The number of nitrogens with zero attached hydrogens (tertiary/aromatic N) is 2. The fourth-order valence-electron chi connectivity index (χ4n) is 4.51. The van der Waals surface area contributed by atoms with E-state index in [1.54, 1.807) is 19.1 Å². The van der Waals surface area contributed by atoms with E-state index in [0.717, 1.165) is 40.1 Å². The van der Waals surface area contributed by atoms with Crippen LogP contribution in [0.25, 0.3) is 0 Å². The molecule has 0 bridgehead atoms. The molecule has 214 valence electrons. The van der Waals surface area contributed by atoms with Crippen LogP contribution in [0.1, 0.15) is 42.0 Å². The van der Waals surface area contributed by atoms with E-state index in [4.69, 9.17) is 11.6 Å². The van der Waals surface area contributed by atoms with Gasteiger partial charge < -0.3 is 10.2 Å². The van der Waals surface area contributed by atoms with Crippen LogP contribution in [-0.2, 0) is 32.6 Å². The van der Waals surface area contributed by atoms with Gasteiger partial charge in [0.1, 0.15) is 12.6 Å². The molecular weight excluding hydrogens is 546 g/mol. The van der Waals surface area contributed by atoms with Crippen LogP contribution in [0.2, 0.25) is 5.02 Å². The molecule has 3 aromatic carbocycles. The second-order valence-electron chi connectivity index (χ2n) is 10.1. The monoisotopic (exact) mass is 583 g/mol. The molecule has 3 rings (SSSR count). The molecule has 0 aromatic heterocycles. The molecule has 3 aromatic rings. The first-order valence-corrected chi connectivity index (χ1v) is 15.6. The standard InChI is InChI=1S/C31H38ClN3O4S/c1-5-6-17-33-31(37)29(19-25-12-8-7-9-13-25)34(21-26-14-10-11-23(2)18-26)30(36)22-35(40(4,38)39)28-20-27(32)16-15-24(28)3/h7-16,18,20,29H,5-6,17,19,21-22H2,1-4H3,(H,33,37)/t29-/m0/s1. The predicted molar refractivity (Wildman–Crippen MR) is 162 cm³/mol. The molecule has 0 aliphatic rings. The molecular formula is C31H38ClN3O4S. The van der Waals surface area contributed by atoms with Crippen molar-refractivity contribution in [3.05, 3.63) is 100 Å². The van der Waals surface area contributed by atoms with Crippen molar-refractivity contribution in [1.82, 2.24) is 10.2 Å². The number of halogens is 1. The van der Waals surface area contributed by atoms with Gasteiger partial charge in [-0.1, -0.05) is 91.2 Å². The summed E-state index contributed by atoms with van der Waals surface area (Å²) in [5.41, 5.74) is 3.74. The average Bonchev–Trinajstić information content (AvgIpc) is 2.90. The van der Waals surface area contributed by atoms with Crippen LogP contribution < -0.4 is 9.62 Å². The van der Waals surface area contributed by atoms with E-state index in [-0.39, 0.29) is 18.9 Å². The van der Waals surface area contributed by atoms with Gasteiger partial charge >= 0.3 is 0 Å². The second-order valence-corrected chi connectivity index (χ2v) is 12.4. The Hall–Kier alpha value is -3.36. The van der Waals surface area contributed by atoms with Crippen molar-refractivity contribution in [1.29, 1.82) is 0 Å². The topological polar surface area (TPSA) is 86.8 Å². The fraction of sp³-hybridized carbons (Fsp3) is 0.355. The largest absolute Gasteiger partial charge is 0.354 e. The Labute approximate surface area is 243 Å². The summed E-state index contributed by atoms with van der Waals surface area (Å²) >= 11 is 6.21. The molecule has 0 saturated heterocycles. The summed E-state index contributed by atoms with van der Waals surface area (Å²) in [6, 6.07) is 21.3. The van der Waals surface area contributed by atoms with E-state index in [2.05, 4.69) is 5.32 Å². The van der Waals surface area contributed by atoms with Gasteiger partial charge in [0.05, 0.1) is 11.9 Å². The highest BCUT2D eigenvalue weighted by Gasteiger charge is 2.33. The molecule has 1 N–H and O–H groups in total. The number of aryl methyl sites for hydroxylation is 2. The summed E-state index contributed by atoms with van der Waals surface area (Å²) in [6.45, 7) is 5.92. The predicted octanol–water partition coefficient (Wildman–Crippen LogP) is 5.28. The molecule has 7 nitrogen and oxygen atoms in total. The van der Waals surface area contributed by atoms with Crippen molar-refractivity contribution in [2.45, 2.75) is 52.6 Å². The molecule has 1 atom stereocenters. The molecule has 0 spiro atoms. The lowest BCUT2D eigenvalue weighted by Crippen LogP contribution is -2.53. The first-order chi connectivity index (χ1) is 19.0. The van der Waals surface area contributed by atoms with E-state index in [1.807, 2.05) is 68.4 Å². The lowest BCUT2D eigenvalue weighted by molar-refractivity contribution is -0.140. The zero-order chi connectivity index (χ0) is 29.3. The van der Waals surface area contributed by atoms with E-state index in [1.165, 1.54) is 11.0 Å². The number of amides is 2. The minimum atomic E-state index is -3.86. The summed E-state index contributed by atoms with van der Waals surface area (Å²) in [5.74, 6) is -0.763. The number of benzene rings is 3. The van der Waals surface area contributed by atoms with Gasteiger partial charge in [0, 0.05) is 24.5 Å². The van der Waals surface area contributed by atoms with Crippen molar-refractivity contribution in [3.8, 4) is 0 Å². The van der Waals surface area contributed by atoms with E-state index in [9.17, 15) is 18.0 Å². The highest BCUT2D eigenvalue weighted by molar-refractivity contribution is 7.92. The van der Waals surface area contributed by atoms with Crippen LogP contribution in [0, 0.1) is 13.8 Å². The summed E-state index contributed by atoms with van der Waals surface area (Å²) in [4.78, 5) is 29.3. The third-order valence-corrected chi connectivity index (χ3v) is 8.02. The number of hydrogen-bond donors (Lipinski definition) is 1. The van der Waals surface area contributed by atoms with Crippen molar-refractivity contribution in [2.24, 2.45) is 0 Å². The zero-order valence-corrected chi connectivity index (χ0v) is 25.1. The molecule has 9 heteroatoms. The van der Waals surface area contributed by atoms with Gasteiger partial charge in [-0.05, 0) is 49.1 Å². The number of anilines is 1. The van der Waals surface area contributed by atoms with Gasteiger partial charge in [0.25, 0.3) is 0 Å². The second kappa shape index (κ2) is 14.3. The molecule has 0 fully saturated rings. The Morgan fingerprint density at radius 1 is 0.950 bits per heavy atom. The van der Waals surface area contributed by atoms with Crippen LogP contribution in [0.4, 0.5) is 5.69 Å². The van der Waals surface area contributed by atoms with Gasteiger partial charge in [0.15, 0.2) is 0 Å². The summed E-state index contributed by atoms with van der Waals surface area (Å²) < 4.78 is 27.0. The number of sulfonamides is 1. The summed E-state index contributed by atoms with van der Waals surface area (Å²) in [7, 11) is -3.86. The first-order valence-electron chi connectivity index (χ1n) is 13.4. The number of hydrogen-bond acceptors (Lipinski definition) is 4. The van der Waals surface area contributed by atoms with Crippen molar-refractivity contribution < 1.29 is 18.0 Å². The quantitative estimate of drug-likeness (QED) is 0.277. The smallest absolute Gasteiger partial charge is 0.244 e. The molecule has 40 heavy (non-hydrogen) atoms. The van der Waals surface area contributed by atoms with Crippen LogP contribution in [0.3, 0.4) is 0 Å². The van der Waals surface area contributed by atoms with Gasteiger partial charge in [-0.3, -0.25) is 13.9 Å². The lowest BCUT2D eigenvalue weighted by Gasteiger charge is -2.34. The molecule has 0 saturated carbocycles. The SMILES string of the molecule is CCCCNC(=O)[C@H](Cc1ccccc1)N(Cc1cccc(C)c1)C(=O)CN(c1cc(Cl)ccc1C)S(C)(=O)=O. The molecule has 0 unspecified atom stereocenters. The van der Waals surface area contributed by atoms with Gasteiger partial charge in [-0.2, -0.15) is 0 Å². The lowest BCUT2D eigenvalue weighted by atomic mass is 10.0. The van der Waals surface area contributed by atoms with E-state index >= 15 is 0 Å². The Morgan fingerprint density at radius 2 is 1.65 bits per heavy atom. The normalized spacial score (nSPS) is 12.0. The minimum absolute atomic E-state index is 0.144. The third-order valence-electron chi connectivity index (χ3n) is 6.66. The summed E-state index contributed by atoms with van der Waals surface area (Å²) in [5, 5.41) is 3.34. The molecule has 0 aliphatic heterocycles. The van der Waals surface area contributed by atoms with Gasteiger partial charge in [-0.15, -0.1) is 0 Å². The highest BCUT2D eigenvalue weighted by Crippen LogP contribution is 2.27. The number of unbranched alkanes of at least 4 members (excludes halogenated alkanes) is 1. The van der Waals surface area contributed by atoms with Crippen molar-refractivity contribution in [2.75, 3.05) is 23.7 Å². The number of carbonyl (C=O) groups is 2. The van der Waals surface area contributed by atoms with Gasteiger partial charge in [-0.25, -0.2) is 8.42 Å². The zero-order valence-electron chi connectivity index (χ0n) is 23.6. The minimum Gasteiger partial charge on any atom is -0.354 e. The van der Waals surface area contributed by atoms with Crippen LogP contribution >= 0.6 is 11.6 Å². The van der Waals surface area contributed by atoms with Crippen molar-refractivity contribution in [3.63, 3.8) is 0 Å². The maximum atomic E-state index is 14.1. The number of nitrogens with one attached hydrogen (secondary N) is 1. The molecule has 0 radical (unpaired) electrons. The number of carbonyl (C=O) groups excluding carboxylic acids is 2. The Kier molecular flexibility index (Phi) is 11.2. The Bertz CT molecular complexity index is 1410. The van der Waals surface area contributed by atoms with Crippen LogP contribution in [0.5, 0.6) is 0 Å². The Balaban J connectivity index is 2.06. The summed E-state index contributed by atoms with van der Waals surface area (Å²) in [6.07, 6.45) is 3.07. The number of rotatable bonds is 13. The molecule has 0 heterocycles.